The average Bonchev–Trinajstić information content (AvgIpc) is 2.72. The molecule has 78 valence electrons. The van der Waals surface area contributed by atoms with E-state index in [1.165, 1.54) is 18.3 Å². The highest BCUT2D eigenvalue weighted by Gasteiger charge is 2.12. The fourth-order valence-corrected chi connectivity index (χ4v) is 2.92. The van der Waals surface area contributed by atoms with E-state index in [-0.39, 0.29) is 5.91 Å². The molecule has 0 radical (unpaired) electrons. The number of rotatable bonds is 2. The van der Waals surface area contributed by atoms with Crippen LogP contribution in [0.3, 0.4) is 0 Å². The summed E-state index contributed by atoms with van der Waals surface area (Å²) in [6.45, 7) is 3.44. The van der Waals surface area contributed by atoms with E-state index in [2.05, 4.69) is 10.3 Å². The molecule has 0 spiro atoms. The molecular formula is C10H10N2OS2. The molecule has 0 saturated carbocycles. The molecular weight excluding hydrogens is 228 g/mol. The first-order valence-corrected chi connectivity index (χ1v) is 6.15. The van der Waals surface area contributed by atoms with Crippen LogP contribution < -0.4 is 5.32 Å². The maximum Gasteiger partial charge on any atom is 0.221 e. The fraction of sp³-hybridized carbons (Fsp3) is 0.200. The van der Waals surface area contributed by atoms with E-state index < -0.39 is 0 Å². The Hall–Kier alpha value is -1.20. The lowest BCUT2D eigenvalue weighted by Gasteiger charge is -1.99. The molecule has 1 N–H and O–H groups in total. The molecule has 0 saturated heterocycles. The summed E-state index contributed by atoms with van der Waals surface area (Å²) in [5.74, 6) is -0.0588. The van der Waals surface area contributed by atoms with E-state index in [9.17, 15) is 4.79 Å². The van der Waals surface area contributed by atoms with Crippen molar-refractivity contribution < 1.29 is 4.79 Å². The summed E-state index contributed by atoms with van der Waals surface area (Å²) in [5, 5.41) is 6.60. The number of hydrogen-bond donors (Lipinski definition) is 1. The number of aryl methyl sites for hydroxylation is 1. The largest absolute Gasteiger partial charge is 0.316 e. The smallest absolute Gasteiger partial charge is 0.221 e. The third-order valence-corrected chi connectivity index (χ3v) is 3.54. The number of carbonyl (C=O) groups is 1. The topological polar surface area (TPSA) is 42.0 Å². The van der Waals surface area contributed by atoms with Crippen molar-refractivity contribution in [2.24, 2.45) is 0 Å². The van der Waals surface area contributed by atoms with Gasteiger partial charge in [-0.25, -0.2) is 4.98 Å². The summed E-state index contributed by atoms with van der Waals surface area (Å²) in [4.78, 5) is 16.5. The zero-order chi connectivity index (χ0) is 10.8. The summed E-state index contributed by atoms with van der Waals surface area (Å²) in [6.07, 6.45) is 0. The van der Waals surface area contributed by atoms with E-state index in [0.717, 1.165) is 20.6 Å². The number of hydrogen-bond acceptors (Lipinski definition) is 4. The number of nitrogens with one attached hydrogen (secondary N) is 1. The molecule has 2 rings (SSSR count). The van der Waals surface area contributed by atoms with Gasteiger partial charge in [-0.05, 0) is 18.4 Å². The van der Waals surface area contributed by atoms with Gasteiger partial charge in [0.2, 0.25) is 5.91 Å². The van der Waals surface area contributed by atoms with Crippen molar-refractivity contribution in [3.05, 3.63) is 22.5 Å². The van der Waals surface area contributed by atoms with Gasteiger partial charge in [0, 0.05) is 6.92 Å². The van der Waals surface area contributed by atoms with Gasteiger partial charge in [-0.2, -0.15) is 0 Å². The predicted octanol–water partition coefficient (Wildman–Crippen LogP) is 3.14. The number of thiazole rings is 1. The second-order valence-corrected chi connectivity index (χ2v) is 5.22. The lowest BCUT2D eigenvalue weighted by atomic mass is 10.3. The van der Waals surface area contributed by atoms with Crippen molar-refractivity contribution in [3.8, 4) is 10.6 Å². The van der Waals surface area contributed by atoms with Gasteiger partial charge in [0.25, 0.3) is 0 Å². The first-order chi connectivity index (χ1) is 7.16. The molecule has 0 aromatic carbocycles. The van der Waals surface area contributed by atoms with E-state index >= 15 is 0 Å². The lowest BCUT2D eigenvalue weighted by molar-refractivity contribution is -0.114. The Bertz CT molecular complexity index is 474. The number of thiophene rings is 1. The highest BCUT2D eigenvalue weighted by atomic mass is 32.1. The second-order valence-electron chi connectivity index (χ2n) is 3.07. The van der Waals surface area contributed by atoms with Gasteiger partial charge < -0.3 is 5.32 Å². The van der Waals surface area contributed by atoms with Gasteiger partial charge in [0.15, 0.2) is 0 Å². The molecule has 3 nitrogen and oxygen atoms in total. The van der Waals surface area contributed by atoms with Gasteiger partial charge >= 0.3 is 0 Å². The average molecular weight is 238 g/mol. The number of anilines is 1. The van der Waals surface area contributed by atoms with Crippen LogP contribution in [0.1, 0.15) is 11.9 Å². The Morgan fingerprint density at radius 2 is 2.33 bits per heavy atom. The van der Waals surface area contributed by atoms with Crippen molar-refractivity contribution in [2.75, 3.05) is 5.32 Å². The molecule has 2 heterocycles. The Labute approximate surface area is 95.8 Å². The highest BCUT2D eigenvalue weighted by Crippen LogP contribution is 2.35. The minimum Gasteiger partial charge on any atom is -0.316 e. The molecule has 0 aliphatic carbocycles. The summed E-state index contributed by atoms with van der Waals surface area (Å²) in [6, 6.07) is 3.98. The lowest BCUT2D eigenvalue weighted by Crippen LogP contribution is -2.04. The number of carbonyl (C=O) groups excluding carboxylic acids is 1. The van der Waals surface area contributed by atoms with Crippen LogP contribution in [-0.4, -0.2) is 10.9 Å². The third-order valence-electron chi connectivity index (χ3n) is 1.78. The van der Waals surface area contributed by atoms with Crippen molar-refractivity contribution in [1.29, 1.82) is 0 Å². The van der Waals surface area contributed by atoms with Crippen molar-refractivity contribution in [2.45, 2.75) is 13.8 Å². The van der Waals surface area contributed by atoms with Crippen LogP contribution in [0.5, 0.6) is 0 Å². The number of nitrogens with zero attached hydrogens (tertiary/aromatic N) is 1. The van der Waals surface area contributed by atoms with Crippen LogP contribution in [0, 0.1) is 6.92 Å². The van der Waals surface area contributed by atoms with Gasteiger partial charge in [0.1, 0.15) is 10.7 Å². The summed E-state index contributed by atoms with van der Waals surface area (Å²) in [7, 11) is 0. The monoisotopic (exact) mass is 238 g/mol. The van der Waals surface area contributed by atoms with Crippen molar-refractivity contribution >= 4 is 33.6 Å². The van der Waals surface area contributed by atoms with E-state index in [0.29, 0.717) is 0 Å². The minimum absolute atomic E-state index is 0.0588. The second kappa shape index (κ2) is 4.12. The molecule has 0 bridgehead atoms. The van der Waals surface area contributed by atoms with Crippen LogP contribution in [0.15, 0.2) is 17.5 Å². The van der Waals surface area contributed by atoms with Crippen LogP contribution in [0.4, 0.5) is 5.00 Å². The first kappa shape index (κ1) is 10.3. The zero-order valence-electron chi connectivity index (χ0n) is 8.40. The van der Waals surface area contributed by atoms with Gasteiger partial charge in [0.05, 0.1) is 9.88 Å². The number of amides is 1. The normalized spacial score (nSPS) is 10.3. The van der Waals surface area contributed by atoms with E-state index in [1.54, 1.807) is 11.3 Å². The SMILES string of the molecule is CC(=O)Nc1sc(C)nc1-c1cccs1. The quantitative estimate of drug-likeness (QED) is 0.873. The predicted molar refractivity (Wildman–Crippen MR) is 64.5 cm³/mol. The molecule has 0 atom stereocenters. The summed E-state index contributed by atoms with van der Waals surface area (Å²) >= 11 is 3.13. The van der Waals surface area contributed by atoms with Gasteiger partial charge in [-0.3, -0.25) is 4.79 Å². The molecule has 5 heteroatoms. The summed E-state index contributed by atoms with van der Waals surface area (Å²) < 4.78 is 0. The molecule has 0 fully saturated rings. The van der Waals surface area contributed by atoms with Crippen LogP contribution >= 0.6 is 22.7 Å². The van der Waals surface area contributed by atoms with Crippen molar-refractivity contribution in [1.82, 2.24) is 4.98 Å². The van der Waals surface area contributed by atoms with Crippen molar-refractivity contribution in [3.63, 3.8) is 0 Å². The first-order valence-electron chi connectivity index (χ1n) is 4.45. The molecule has 15 heavy (non-hydrogen) atoms. The number of aromatic nitrogens is 1. The Balaban J connectivity index is 2.42. The fourth-order valence-electron chi connectivity index (χ4n) is 1.25. The molecule has 2 aromatic rings. The molecule has 2 aromatic heterocycles. The molecule has 0 unspecified atom stereocenters. The van der Waals surface area contributed by atoms with Gasteiger partial charge in [-0.15, -0.1) is 22.7 Å². The third kappa shape index (κ3) is 2.24. The highest BCUT2D eigenvalue weighted by molar-refractivity contribution is 7.18. The summed E-state index contributed by atoms with van der Waals surface area (Å²) in [5.41, 5.74) is 0.878. The maximum absolute atomic E-state index is 11.0. The van der Waals surface area contributed by atoms with Crippen LogP contribution in [0.25, 0.3) is 10.6 Å². The zero-order valence-corrected chi connectivity index (χ0v) is 10.0. The Kier molecular flexibility index (Phi) is 2.83. The van der Waals surface area contributed by atoms with Gasteiger partial charge in [-0.1, -0.05) is 6.07 Å². The van der Waals surface area contributed by atoms with Crippen LogP contribution in [-0.2, 0) is 4.79 Å². The molecule has 1 amide bonds. The van der Waals surface area contributed by atoms with E-state index in [1.807, 2.05) is 24.4 Å². The Morgan fingerprint density at radius 1 is 1.53 bits per heavy atom. The Morgan fingerprint density at radius 3 is 2.93 bits per heavy atom. The van der Waals surface area contributed by atoms with Crippen LogP contribution in [0.2, 0.25) is 0 Å². The standard InChI is InChI=1S/C10H10N2OS2/c1-6(13)11-10-9(12-7(2)15-10)8-4-3-5-14-8/h3-5H,1-2H3,(H,11,13). The van der Waals surface area contributed by atoms with E-state index in [4.69, 9.17) is 0 Å². The minimum atomic E-state index is -0.0588. The molecule has 0 aliphatic rings. The molecule has 0 aliphatic heterocycles. The maximum atomic E-state index is 11.0.